The molecule has 0 aliphatic heterocycles. The number of amides is 1. The molecule has 5 heteroatoms. The fourth-order valence-corrected chi connectivity index (χ4v) is 2.87. The van der Waals surface area contributed by atoms with Crippen LogP contribution >= 0.6 is 22.6 Å². The summed E-state index contributed by atoms with van der Waals surface area (Å²) in [7, 11) is 0. The van der Waals surface area contributed by atoms with Crippen LogP contribution in [0.15, 0.2) is 48.5 Å². The van der Waals surface area contributed by atoms with Gasteiger partial charge in [0.1, 0.15) is 12.4 Å². The van der Waals surface area contributed by atoms with Crippen LogP contribution in [0.5, 0.6) is 0 Å². The molecule has 2 aromatic carbocycles. The van der Waals surface area contributed by atoms with E-state index in [1.807, 2.05) is 52.9 Å². The number of carbonyl (C=O) groups is 1. The summed E-state index contributed by atoms with van der Waals surface area (Å²) in [6, 6.07) is 13.8. The number of nitrogens with one attached hydrogen (secondary N) is 1. The maximum atomic E-state index is 13.8. The van der Waals surface area contributed by atoms with Gasteiger partial charge >= 0.3 is 6.09 Å². The fourth-order valence-electron chi connectivity index (χ4n) is 1.94. The van der Waals surface area contributed by atoms with Gasteiger partial charge in [0.15, 0.2) is 0 Å². The summed E-state index contributed by atoms with van der Waals surface area (Å²) in [5, 5.41) is 2.64. The molecule has 110 valence electrons. The molecule has 0 bridgehead atoms. The average Bonchev–Trinajstić information content (AvgIpc) is 2.46. The van der Waals surface area contributed by atoms with E-state index in [9.17, 15) is 9.18 Å². The van der Waals surface area contributed by atoms with E-state index >= 15 is 0 Å². The number of alkyl carbamates (subject to hydrolysis) is 1. The molecule has 0 saturated carbocycles. The Morgan fingerprint density at radius 3 is 2.62 bits per heavy atom. The lowest BCUT2D eigenvalue weighted by Crippen LogP contribution is -2.28. The van der Waals surface area contributed by atoms with Crippen molar-refractivity contribution in [3.8, 4) is 0 Å². The number of hydrogen-bond acceptors (Lipinski definition) is 2. The Morgan fingerprint density at radius 1 is 1.24 bits per heavy atom. The van der Waals surface area contributed by atoms with E-state index in [0.29, 0.717) is 5.56 Å². The van der Waals surface area contributed by atoms with Crippen LogP contribution in [0.3, 0.4) is 0 Å². The van der Waals surface area contributed by atoms with Crippen molar-refractivity contribution in [2.75, 3.05) is 0 Å². The van der Waals surface area contributed by atoms with Crippen LogP contribution < -0.4 is 5.32 Å². The molecule has 0 saturated heterocycles. The molecule has 0 aliphatic rings. The molecule has 1 unspecified atom stereocenters. The first-order valence-corrected chi connectivity index (χ1v) is 7.57. The molecule has 1 atom stereocenters. The Kier molecular flexibility index (Phi) is 5.55. The molecular formula is C16H15FINO2. The molecule has 3 nitrogen and oxygen atoms in total. The average molecular weight is 399 g/mol. The molecule has 2 rings (SSSR count). The Bertz CT molecular complexity index is 599. The Balaban J connectivity index is 1.93. The first-order chi connectivity index (χ1) is 10.1. The largest absolute Gasteiger partial charge is 0.445 e. The molecule has 0 radical (unpaired) electrons. The van der Waals surface area contributed by atoms with Gasteiger partial charge in [0.25, 0.3) is 0 Å². The molecule has 0 fully saturated rings. The second kappa shape index (κ2) is 7.40. The Morgan fingerprint density at radius 2 is 1.95 bits per heavy atom. The molecular weight excluding hydrogens is 384 g/mol. The normalized spacial score (nSPS) is 11.8. The van der Waals surface area contributed by atoms with E-state index in [1.54, 1.807) is 19.1 Å². The third kappa shape index (κ3) is 4.42. The lowest BCUT2D eigenvalue weighted by atomic mass is 10.1. The van der Waals surface area contributed by atoms with Gasteiger partial charge in [0, 0.05) is 9.13 Å². The Labute approximate surface area is 136 Å². The minimum Gasteiger partial charge on any atom is -0.445 e. The van der Waals surface area contributed by atoms with E-state index < -0.39 is 12.1 Å². The van der Waals surface area contributed by atoms with Crippen molar-refractivity contribution < 1.29 is 13.9 Å². The minimum atomic E-state index is -0.564. The van der Waals surface area contributed by atoms with E-state index in [2.05, 4.69) is 5.32 Å². The van der Waals surface area contributed by atoms with Crippen molar-refractivity contribution in [1.29, 1.82) is 0 Å². The van der Waals surface area contributed by atoms with Gasteiger partial charge in [-0.2, -0.15) is 0 Å². The Hall–Kier alpha value is -1.63. The summed E-state index contributed by atoms with van der Waals surface area (Å²) < 4.78 is 19.7. The van der Waals surface area contributed by atoms with Crippen molar-refractivity contribution in [1.82, 2.24) is 5.32 Å². The molecule has 0 spiro atoms. The first-order valence-electron chi connectivity index (χ1n) is 6.49. The van der Waals surface area contributed by atoms with Gasteiger partial charge in [-0.05, 0) is 47.2 Å². The third-order valence-electron chi connectivity index (χ3n) is 2.98. The zero-order chi connectivity index (χ0) is 15.2. The summed E-state index contributed by atoms with van der Waals surface area (Å²) >= 11 is 2.05. The quantitative estimate of drug-likeness (QED) is 0.774. The molecule has 0 aliphatic carbocycles. The fraction of sp³-hybridized carbons (Fsp3) is 0.188. The third-order valence-corrected chi connectivity index (χ3v) is 3.92. The van der Waals surface area contributed by atoms with Crippen molar-refractivity contribution in [3.05, 3.63) is 69.0 Å². The topological polar surface area (TPSA) is 38.3 Å². The van der Waals surface area contributed by atoms with Crippen molar-refractivity contribution in [2.24, 2.45) is 0 Å². The minimum absolute atomic E-state index is 0.188. The van der Waals surface area contributed by atoms with E-state index in [1.165, 1.54) is 6.07 Å². The van der Waals surface area contributed by atoms with Crippen LogP contribution in [0.25, 0.3) is 0 Å². The molecule has 2 aromatic rings. The summed E-state index contributed by atoms with van der Waals surface area (Å²) in [5.41, 5.74) is 1.37. The monoisotopic (exact) mass is 399 g/mol. The zero-order valence-electron chi connectivity index (χ0n) is 11.5. The van der Waals surface area contributed by atoms with Crippen molar-refractivity contribution >= 4 is 28.7 Å². The lowest BCUT2D eigenvalue weighted by molar-refractivity contribution is 0.136. The molecule has 1 N–H and O–H groups in total. The van der Waals surface area contributed by atoms with Crippen LogP contribution in [0.1, 0.15) is 24.1 Å². The smallest absolute Gasteiger partial charge is 0.407 e. The molecule has 0 aromatic heterocycles. The summed E-state index contributed by atoms with van der Waals surface area (Å²) in [6.45, 7) is 1.91. The maximum Gasteiger partial charge on any atom is 0.407 e. The van der Waals surface area contributed by atoms with Gasteiger partial charge < -0.3 is 10.1 Å². The van der Waals surface area contributed by atoms with Crippen LogP contribution in [0, 0.1) is 9.39 Å². The van der Waals surface area contributed by atoms with Gasteiger partial charge in [-0.15, -0.1) is 0 Å². The highest BCUT2D eigenvalue weighted by Gasteiger charge is 2.17. The van der Waals surface area contributed by atoms with E-state index in [0.717, 1.165) is 9.13 Å². The van der Waals surface area contributed by atoms with Gasteiger partial charge in [-0.3, -0.25) is 0 Å². The predicted molar refractivity (Wildman–Crippen MR) is 87.3 cm³/mol. The van der Waals surface area contributed by atoms with Crippen LogP contribution in [-0.2, 0) is 11.3 Å². The number of carbonyl (C=O) groups excluding carboxylic acids is 1. The van der Waals surface area contributed by atoms with Crippen LogP contribution in [0.4, 0.5) is 9.18 Å². The standard InChI is InChI=1S/C16H15FINO2/c1-11(15-13(17)8-5-9-14(15)18)19-16(20)21-10-12-6-3-2-4-7-12/h2-9,11H,10H2,1H3,(H,19,20). The molecule has 0 heterocycles. The van der Waals surface area contributed by atoms with Gasteiger partial charge in [-0.25, -0.2) is 9.18 Å². The maximum absolute atomic E-state index is 13.8. The number of ether oxygens (including phenoxy) is 1. The van der Waals surface area contributed by atoms with Crippen LogP contribution in [-0.4, -0.2) is 6.09 Å². The molecule has 21 heavy (non-hydrogen) atoms. The number of rotatable bonds is 4. The SMILES string of the molecule is CC(NC(=O)OCc1ccccc1)c1c(F)cccc1I. The van der Waals surface area contributed by atoms with E-state index in [4.69, 9.17) is 4.74 Å². The number of halogens is 2. The lowest BCUT2D eigenvalue weighted by Gasteiger charge is -2.16. The van der Waals surface area contributed by atoms with Crippen molar-refractivity contribution in [2.45, 2.75) is 19.6 Å². The summed E-state index contributed by atoms with van der Waals surface area (Å²) in [6.07, 6.45) is -0.564. The first kappa shape index (κ1) is 15.8. The predicted octanol–water partition coefficient (Wildman–Crippen LogP) is 4.42. The van der Waals surface area contributed by atoms with Gasteiger partial charge in [0.05, 0.1) is 6.04 Å². The van der Waals surface area contributed by atoms with E-state index in [-0.39, 0.29) is 12.4 Å². The summed E-state index contributed by atoms with van der Waals surface area (Å²) in [5.74, 6) is -0.335. The van der Waals surface area contributed by atoms with Crippen LogP contribution in [0.2, 0.25) is 0 Å². The summed E-state index contributed by atoms with van der Waals surface area (Å²) in [4.78, 5) is 11.8. The number of benzene rings is 2. The number of hydrogen-bond donors (Lipinski definition) is 1. The highest BCUT2D eigenvalue weighted by atomic mass is 127. The zero-order valence-corrected chi connectivity index (χ0v) is 13.6. The van der Waals surface area contributed by atoms with Gasteiger partial charge in [-0.1, -0.05) is 36.4 Å². The highest BCUT2D eigenvalue weighted by Crippen LogP contribution is 2.23. The second-order valence-corrected chi connectivity index (χ2v) is 5.73. The molecule has 1 amide bonds. The highest BCUT2D eigenvalue weighted by molar-refractivity contribution is 14.1. The second-order valence-electron chi connectivity index (χ2n) is 4.56. The van der Waals surface area contributed by atoms with Crippen molar-refractivity contribution in [3.63, 3.8) is 0 Å². The van der Waals surface area contributed by atoms with Gasteiger partial charge in [0.2, 0.25) is 0 Å².